The predicted octanol–water partition coefficient (Wildman–Crippen LogP) is 2.24. The van der Waals surface area contributed by atoms with Gasteiger partial charge in [-0.25, -0.2) is 4.98 Å². The molecular formula is C11H16N2. The highest BCUT2D eigenvalue weighted by Crippen LogP contribution is 2.17. The van der Waals surface area contributed by atoms with Crippen molar-refractivity contribution >= 4 is 5.82 Å². The lowest BCUT2D eigenvalue weighted by Gasteiger charge is -2.15. The molecule has 13 heavy (non-hydrogen) atoms. The van der Waals surface area contributed by atoms with Gasteiger partial charge in [0.15, 0.2) is 0 Å². The fourth-order valence-corrected chi connectivity index (χ4v) is 1.76. The second-order valence-corrected chi connectivity index (χ2v) is 3.57. The summed E-state index contributed by atoms with van der Waals surface area (Å²) in [5.74, 6) is 1.15. The number of nitrogens with zero attached hydrogens (tertiary/aromatic N) is 2. The van der Waals surface area contributed by atoms with Crippen molar-refractivity contribution in [2.45, 2.75) is 26.2 Å². The molecule has 1 saturated heterocycles. The zero-order valence-corrected chi connectivity index (χ0v) is 8.16. The summed E-state index contributed by atoms with van der Waals surface area (Å²) in [5.41, 5.74) is 1.32. The molecule has 0 aliphatic carbocycles. The molecule has 70 valence electrons. The van der Waals surface area contributed by atoms with Crippen molar-refractivity contribution < 1.29 is 0 Å². The summed E-state index contributed by atoms with van der Waals surface area (Å²) >= 11 is 0. The number of hydrogen-bond acceptors (Lipinski definition) is 2. The van der Waals surface area contributed by atoms with Gasteiger partial charge in [0.25, 0.3) is 0 Å². The number of aromatic nitrogens is 1. The summed E-state index contributed by atoms with van der Waals surface area (Å²) in [6, 6.07) is 4.32. The average molecular weight is 176 g/mol. The van der Waals surface area contributed by atoms with Crippen molar-refractivity contribution in [2.75, 3.05) is 18.0 Å². The topological polar surface area (TPSA) is 16.1 Å². The van der Waals surface area contributed by atoms with Gasteiger partial charge in [0, 0.05) is 19.3 Å². The lowest BCUT2D eigenvalue weighted by Crippen LogP contribution is -2.18. The monoisotopic (exact) mass is 176 g/mol. The van der Waals surface area contributed by atoms with Crippen LogP contribution in [0.15, 0.2) is 18.3 Å². The first-order chi connectivity index (χ1) is 6.40. The molecule has 0 aromatic carbocycles. The van der Waals surface area contributed by atoms with E-state index in [-0.39, 0.29) is 0 Å². The van der Waals surface area contributed by atoms with Crippen LogP contribution in [0.5, 0.6) is 0 Å². The number of pyridine rings is 1. The van der Waals surface area contributed by atoms with E-state index < -0.39 is 0 Å². The van der Waals surface area contributed by atoms with E-state index in [0.717, 1.165) is 12.2 Å². The Morgan fingerprint density at radius 1 is 1.31 bits per heavy atom. The van der Waals surface area contributed by atoms with Gasteiger partial charge in [0.1, 0.15) is 5.82 Å². The van der Waals surface area contributed by atoms with E-state index >= 15 is 0 Å². The maximum Gasteiger partial charge on any atom is 0.128 e. The highest BCUT2D eigenvalue weighted by Gasteiger charge is 2.12. The van der Waals surface area contributed by atoms with Crippen LogP contribution in [0.4, 0.5) is 5.82 Å². The Morgan fingerprint density at radius 2 is 2.08 bits per heavy atom. The van der Waals surface area contributed by atoms with Crippen LogP contribution in [0.3, 0.4) is 0 Å². The molecule has 2 rings (SSSR count). The van der Waals surface area contributed by atoms with Gasteiger partial charge < -0.3 is 4.90 Å². The summed E-state index contributed by atoms with van der Waals surface area (Å²) in [5, 5.41) is 0. The van der Waals surface area contributed by atoms with Crippen molar-refractivity contribution in [3.63, 3.8) is 0 Å². The number of anilines is 1. The zero-order chi connectivity index (χ0) is 9.10. The van der Waals surface area contributed by atoms with E-state index in [9.17, 15) is 0 Å². The molecule has 1 aromatic rings. The van der Waals surface area contributed by atoms with E-state index in [0.29, 0.717) is 0 Å². The van der Waals surface area contributed by atoms with Crippen LogP contribution >= 0.6 is 0 Å². The van der Waals surface area contributed by atoms with Gasteiger partial charge in [0.2, 0.25) is 0 Å². The third kappa shape index (κ3) is 1.82. The smallest absolute Gasteiger partial charge is 0.128 e. The maximum absolute atomic E-state index is 4.46. The van der Waals surface area contributed by atoms with Gasteiger partial charge in [-0.1, -0.05) is 13.0 Å². The van der Waals surface area contributed by atoms with Gasteiger partial charge >= 0.3 is 0 Å². The normalized spacial score (nSPS) is 16.5. The Kier molecular flexibility index (Phi) is 2.48. The Balaban J connectivity index is 2.12. The van der Waals surface area contributed by atoms with Gasteiger partial charge in [-0.05, 0) is 30.9 Å². The molecule has 0 radical (unpaired) electrons. The van der Waals surface area contributed by atoms with Crippen molar-refractivity contribution in [3.05, 3.63) is 23.9 Å². The molecule has 0 bridgehead atoms. The van der Waals surface area contributed by atoms with Gasteiger partial charge in [-0.15, -0.1) is 0 Å². The molecule has 0 unspecified atom stereocenters. The van der Waals surface area contributed by atoms with Crippen molar-refractivity contribution in [3.8, 4) is 0 Å². The van der Waals surface area contributed by atoms with Crippen LogP contribution in [-0.4, -0.2) is 18.1 Å². The molecule has 0 spiro atoms. The lowest BCUT2D eigenvalue weighted by atomic mass is 10.2. The molecular weight excluding hydrogens is 160 g/mol. The highest BCUT2D eigenvalue weighted by molar-refractivity contribution is 5.40. The number of aryl methyl sites for hydroxylation is 1. The molecule has 1 fully saturated rings. The van der Waals surface area contributed by atoms with Crippen LogP contribution < -0.4 is 4.90 Å². The minimum Gasteiger partial charge on any atom is -0.357 e. The second kappa shape index (κ2) is 3.77. The summed E-state index contributed by atoms with van der Waals surface area (Å²) in [6.07, 6.45) is 5.70. The second-order valence-electron chi connectivity index (χ2n) is 3.57. The van der Waals surface area contributed by atoms with Crippen molar-refractivity contribution in [1.29, 1.82) is 0 Å². The first-order valence-corrected chi connectivity index (χ1v) is 5.10. The average Bonchev–Trinajstić information content (AvgIpc) is 2.71. The molecule has 2 nitrogen and oxygen atoms in total. The van der Waals surface area contributed by atoms with E-state index in [1.165, 1.54) is 31.5 Å². The first-order valence-electron chi connectivity index (χ1n) is 5.10. The van der Waals surface area contributed by atoms with Gasteiger partial charge in [-0.2, -0.15) is 0 Å². The van der Waals surface area contributed by atoms with E-state index in [4.69, 9.17) is 0 Å². The minimum atomic E-state index is 1.08. The van der Waals surface area contributed by atoms with Crippen LogP contribution in [0.2, 0.25) is 0 Å². The number of hydrogen-bond donors (Lipinski definition) is 0. The van der Waals surface area contributed by atoms with Crippen LogP contribution in [0, 0.1) is 0 Å². The third-order valence-electron chi connectivity index (χ3n) is 2.65. The molecule has 2 heterocycles. The molecule has 1 aliphatic heterocycles. The van der Waals surface area contributed by atoms with Crippen molar-refractivity contribution in [2.24, 2.45) is 0 Å². The summed E-state index contributed by atoms with van der Waals surface area (Å²) < 4.78 is 0. The summed E-state index contributed by atoms with van der Waals surface area (Å²) in [4.78, 5) is 6.82. The number of rotatable bonds is 2. The third-order valence-corrected chi connectivity index (χ3v) is 2.65. The Morgan fingerprint density at radius 3 is 2.62 bits per heavy atom. The zero-order valence-electron chi connectivity index (χ0n) is 8.16. The molecule has 0 amide bonds. The fraction of sp³-hybridized carbons (Fsp3) is 0.545. The molecule has 0 atom stereocenters. The Labute approximate surface area is 79.6 Å². The Hall–Kier alpha value is -1.05. The van der Waals surface area contributed by atoms with Crippen LogP contribution in [0.1, 0.15) is 25.3 Å². The van der Waals surface area contributed by atoms with Gasteiger partial charge in [-0.3, -0.25) is 0 Å². The van der Waals surface area contributed by atoms with E-state index in [1.807, 2.05) is 6.20 Å². The molecule has 0 saturated carbocycles. The fourth-order valence-electron chi connectivity index (χ4n) is 1.76. The van der Waals surface area contributed by atoms with Gasteiger partial charge in [0.05, 0.1) is 0 Å². The maximum atomic E-state index is 4.46. The van der Waals surface area contributed by atoms with Crippen LogP contribution in [0.25, 0.3) is 0 Å². The lowest BCUT2D eigenvalue weighted by molar-refractivity contribution is 0.931. The van der Waals surface area contributed by atoms with E-state index in [1.54, 1.807) is 0 Å². The molecule has 1 aliphatic rings. The molecule has 1 aromatic heterocycles. The molecule has 0 N–H and O–H groups in total. The largest absolute Gasteiger partial charge is 0.357 e. The standard InChI is InChI=1S/C11H16N2/c1-2-10-5-6-11(12-9-10)13-7-3-4-8-13/h5-6,9H,2-4,7-8H2,1H3. The predicted molar refractivity (Wildman–Crippen MR) is 55.1 cm³/mol. The highest BCUT2D eigenvalue weighted by atomic mass is 15.2. The summed E-state index contributed by atoms with van der Waals surface area (Å²) in [6.45, 7) is 4.52. The molecule has 2 heteroatoms. The SMILES string of the molecule is CCc1ccc(N2CCCC2)nc1. The quantitative estimate of drug-likeness (QED) is 0.687. The Bertz CT molecular complexity index is 260. The van der Waals surface area contributed by atoms with Crippen molar-refractivity contribution in [1.82, 2.24) is 4.98 Å². The van der Waals surface area contributed by atoms with E-state index in [2.05, 4.69) is 28.9 Å². The first kappa shape index (κ1) is 8.54. The summed E-state index contributed by atoms with van der Waals surface area (Å²) in [7, 11) is 0. The van der Waals surface area contributed by atoms with Crippen LogP contribution in [-0.2, 0) is 6.42 Å². The minimum absolute atomic E-state index is 1.08.